The van der Waals surface area contributed by atoms with Crippen molar-refractivity contribution in [3.63, 3.8) is 0 Å². The molecule has 4 heterocycles. The van der Waals surface area contributed by atoms with E-state index >= 15 is 0 Å². The third-order valence-corrected chi connectivity index (χ3v) is 8.63. The van der Waals surface area contributed by atoms with Crippen molar-refractivity contribution in [2.45, 2.75) is 0 Å². The average Bonchev–Trinajstić information content (AvgIpc) is 3.14. The molecule has 214 valence electrons. The maximum Gasteiger partial charge on any atom is 0.0972 e. The molecule has 46 heavy (non-hydrogen) atoms. The fraction of sp³-hybridized carbons (Fsp3) is 0. The lowest BCUT2D eigenvalue weighted by Gasteiger charge is -2.10. The van der Waals surface area contributed by atoms with E-state index < -0.39 is 0 Å². The first-order valence-electron chi connectivity index (χ1n) is 15.4. The van der Waals surface area contributed by atoms with Crippen molar-refractivity contribution in [3.05, 3.63) is 158 Å². The molecular formula is C42H26N4. The Hall–Kier alpha value is -6.26. The summed E-state index contributed by atoms with van der Waals surface area (Å²) in [6.45, 7) is 0. The molecule has 4 aromatic heterocycles. The van der Waals surface area contributed by atoms with Gasteiger partial charge in [0, 0.05) is 43.8 Å². The van der Waals surface area contributed by atoms with Crippen molar-refractivity contribution in [1.82, 2.24) is 19.9 Å². The normalized spacial score (nSPS) is 11.5. The van der Waals surface area contributed by atoms with E-state index in [1.54, 1.807) is 0 Å². The van der Waals surface area contributed by atoms with E-state index in [4.69, 9.17) is 19.9 Å². The standard InChI is InChI=1S/C42H26N4/c1-2-7-27(8-3-1)36-23-19-30-14-15-31-20-24-39(46-42(31)41(30)45-36)33-11-6-10-32(25-33)37-22-18-29-13-16-34(26-40(29)44-37)38-21-17-28-9-4-5-12-35(28)43-38/h1-26H. The molecule has 5 aromatic carbocycles. The van der Waals surface area contributed by atoms with Gasteiger partial charge in [0.1, 0.15) is 0 Å². The Labute approximate surface area is 265 Å². The van der Waals surface area contributed by atoms with Crippen LogP contribution in [0.4, 0.5) is 0 Å². The summed E-state index contributed by atoms with van der Waals surface area (Å²) in [5.41, 5.74) is 11.6. The molecule has 0 aliphatic rings. The Morgan fingerprint density at radius 2 is 0.717 bits per heavy atom. The molecule has 0 saturated heterocycles. The van der Waals surface area contributed by atoms with Gasteiger partial charge in [-0.1, -0.05) is 115 Å². The number of para-hydroxylation sites is 1. The molecule has 0 aliphatic heterocycles. The van der Waals surface area contributed by atoms with Crippen LogP contribution in [0, 0.1) is 0 Å². The third-order valence-electron chi connectivity index (χ3n) is 8.63. The molecule has 4 heteroatoms. The van der Waals surface area contributed by atoms with Crippen LogP contribution in [-0.2, 0) is 0 Å². The Morgan fingerprint density at radius 3 is 1.41 bits per heavy atom. The molecule has 0 bridgehead atoms. The van der Waals surface area contributed by atoms with Crippen molar-refractivity contribution < 1.29 is 0 Å². The maximum absolute atomic E-state index is 5.17. The van der Waals surface area contributed by atoms with Gasteiger partial charge in [-0.25, -0.2) is 19.9 Å². The minimum absolute atomic E-state index is 0.900. The van der Waals surface area contributed by atoms with E-state index in [2.05, 4.69) is 127 Å². The molecule has 0 fully saturated rings. The van der Waals surface area contributed by atoms with Gasteiger partial charge in [-0.05, 0) is 42.5 Å². The Morgan fingerprint density at radius 1 is 0.261 bits per heavy atom. The zero-order valence-electron chi connectivity index (χ0n) is 24.8. The van der Waals surface area contributed by atoms with Gasteiger partial charge in [-0.2, -0.15) is 0 Å². The number of nitrogens with zero attached hydrogens (tertiary/aromatic N) is 4. The number of rotatable bonds is 4. The summed E-state index contributed by atoms with van der Waals surface area (Å²) < 4.78 is 0. The number of benzene rings is 5. The van der Waals surface area contributed by atoms with Crippen LogP contribution in [0.15, 0.2) is 158 Å². The van der Waals surface area contributed by atoms with Gasteiger partial charge in [0.15, 0.2) is 0 Å². The van der Waals surface area contributed by atoms with Crippen LogP contribution in [0.5, 0.6) is 0 Å². The molecule has 0 amide bonds. The quantitative estimate of drug-likeness (QED) is 0.193. The third kappa shape index (κ3) is 4.64. The Kier molecular flexibility index (Phi) is 6.10. The van der Waals surface area contributed by atoms with Crippen LogP contribution in [0.3, 0.4) is 0 Å². The first-order chi connectivity index (χ1) is 22.7. The lowest BCUT2D eigenvalue weighted by molar-refractivity contribution is 1.36. The number of pyridine rings is 4. The maximum atomic E-state index is 5.17. The van der Waals surface area contributed by atoms with Crippen LogP contribution in [0.1, 0.15) is 0 Å². The highest BCUT2D eigenvalue weighted by atomic mass is 14.8. The second-order valence-corrected chi connectivity index (χ2v) is 11.5. The molecule has 4 nitrogen and oxygen atoms in total. The van der Waals surface area contributed by atoms with Crippen molar-refractivity contribution in [3.8, 4) is 45.0 Å². The van der Waals surface area contributed by atoms with E-state index in [1.165, 1.54) is 0 Å². The first-order valence-corrected chi connectivity index (χ1v) is 15.4. The van der Waals surface area contributed by atoms with Crippen LogP contribution < -0.4 is 0 Å². The molecule has 0 spiro atoms. The second-order valence-electron chi connectivity index (χ2n) is 11.5. The fourth-order valence-electron chi connectivity index (χ4n) is 6.20. The SMILES string of the molecule is c1ccc(-c2ccc3ccc4ccc(-c5cccc(-c6ccc7ccc(-c8ccc9ccccc9n8)cc7n6)c5)nc4c3n2)cc1. The molecule has 9 aromatic rings. The lowest BCUT2D eigenvalue weighted by atomic mass is 10.0. The highest BCUT2D eigenvalue weighted by molar-refractivity contribution is 6.04. The summed E-state index contributed by atoms with van der Waals surface area (Å²) in [4.78, 5) is 20.2. The van der Waals surface area contributed by atoms with Gasteiger partial charge in [0.2, 0.25) is 0 Å². The number of hydrogen-bond donors (Lipinski definition) is 0. The Balaban J connectivity index is 1.10. The molecule has 0 unspecified atom stereocenters. The van der Waals surface area contributed by atoms with Crippen molar-refractivity contribution in [2.75, 3.05) is 0 Å². The average molecular weight is 587 g/mol. The summed E-state index contributed by atoms with van der Waals surface area (Å²) in [6, 6.07) is 54.4. The summed E-state index contributed by atoms with van der Waals surface area (Å²) in [5, 5.41) is 4.37. The van der Waals surface area contributed by atoms with Gasteiger partial charge < -0.3 is 0 Å². The van der Waals surface area contributed by atoms with E-state index in [1.807, 2.05) is 30.3 Å². The topological polar surface area (TPSA) is 51.6 Å². The molecule has 0 atom stereocenters. The largest absolute Gasteiger partial charge is 0.248 e. The predicted molar refractivity (Wildman–Crippen MR) is 189 cm³/mol. The van der Waals surface area contributed by atoms with Gasteiger partial charge in [0.25, 0.3) is 0 Å². The summed E-state index contributed by atoms with van der Waals surface area (Å²) in [5.74, 6) is 0. The highest BCUT2D eigenvalue weighted by Crippen LogP contribution is 2.31. The Bertz CT molecular complexity index is 2590. The van der Waals surface area contributed by atoms with Crippen LogP contribution in [-0.4, -0.2) is 19.9 Å². The first kappa shape index (κ1) is 26.2. The van der Waals surface area contributed by atoms with Crippen molar-refractivity contribution in [2.24, 2.45) is 0 Å². The molecule has 9 rings (SSSR count). The fourth-order valence-corrected chi connectivity index (χ4v) is 6.20. The molecule has 0 aliphatic carbocycles. The van der Waals surface area contributed by atoms with Crippen molar-refractivity contribution in [1.29, 1.82) is 0 Å². The minimum atomic E-state index is 0.900. The highest BCUT2D eigenvalue weighted by Gasteiger charge is 2.11. The second kappa shape index (κ2) is 10.7. The monoisotopic (exact) mass is 586 g/mol. The summed E-state index contributed by atoms with van der Waals surface area (Å²) >= 11 is 0. The van der Waals surface area contributed by atoms with Crippen LogP contribution in [0.25, 0.3) is 88.6 Å². The van der Waals surface area contributed by atoms with E-state index in [-0.39, 0.29) is 0 Å². The van der Waals surface area contributed by atoms with Gasteiger partial charge in [0.05, 0.1) is 44.8 Å². The van der Waals surface area contributed by atoms with E-state index in [0.29, 0.717) is 0 Å². The zero-order chi connectivity index (χ0) is 30.5. The van der Waals surface area contributed by atoms with Gasteiger partial charge in [-0.3, -0.25) is 0 Å². The van der Waals surface area contributed by atoms with E-state index in [9.17, 15) is 0 Å². The molecule has 0 radical (unpaired) electrons. The zero-order valence-corrected chi connectivity index (χ0v) is 24.8. The van der Waals surface area contributed by atoms with E-state index in [0.717, 1.165) is 88.6 Å². The molecular weight excluding hydrogens is 560 g/mol. The molecule has 0 N–H and O–H groups in total. The summed E-state index contributed by atoms with van der Waals surface area (Å²) in [6.07, 6.45) is 0. The minimum Gasteiger partial charge on any atom is -0.248 e. The number of fused-ring (bicyclic) bond motifs is 5. The van der Waals surface area contributed by atoms with Gasteiger partial charge in [-0.15, -0.1) is 0 Å². The van der Waals surface area contributed by atoms with Crippen LogP contribution >= 0.6 is 0 Å². The predicted octanol–water partition coefficient (Wildman–Crippen LogP) is 10.5. The van der Waals surface area contributed by atoms with Crippen molar-refractivity contribution >= 4 is 43.6 Å². The number of aromatic nitrogens is 4. The smallest absolute Gasteiger partial charge is 0.0972 e. The van der Waals surface area contributed by atoms with Gasteiger partial charge >= 0.3 is 0 Å². The van der Waals surface area contributed by atoms with Crippen LogP contribution in [0.2, 0.25) is 0 Å². The number of hydrogen-bond acceptors (Lipinski definition) is 4. The lowest BCUT2D eigenvalue weighted by Crippen LogP contribution is -1.92. The molecule has 0 saturated carbocycles. The summed E-state index contributed by atoms with van der Waals surface area (Å²) in [7, 11) is 0.